The fourth-order valence-corrected chi connectivity index (χ4v) is 7.78. The third-order valence-electron chi connectivity index (χ3n) is 7.95. The summed E-state index contributed by atoms with van der Waals surface area (Å²) in [6.07, 6.45) is 7.40. The lowest BCUT2D eigenvalue weighted by molar-refractivity contribution is 0.0297. The molecule has 1 amide bonds. The zero-order valence-corrected chi connectivity index (χ0v) is 20.3. The number of sulfone groups is 1. The van der Waals surface area contributed by atoms with Gasteiger partial charge >= 0.3 is 0 Å². The molecule has 182 valence electrons. The number of ether oxygens (including phenoxy) is 1. The number of carbonyl (C=O) groups excluding carboxylic acids is 1. The van der Waals surface area contributed by atoms with Gasteiger partial charge in [0, 0.05) is 43.3 Å². The Hall–Kier alpha value is -2.23. The Bertz CT molecular complexity index is 1200. The number of hydrogen-bond donors (Lipinski definition) is 0. The van der Waals surface area contributed by atoms with Crippen LogP contribution in [0, 0.1) is 0 Å². The minimum Gasteiger partial charge on any atom is -0.378 e. The Morgan fingerprint density at radius 1 is 0.971 bits per heavy atom. The van der Waals surface area contributed by atoms with Gasteiger partial charge in [0.1, 0.15) is 0 Å². The van der Waals surface area contributed by atoms with Gasteiger partial charge in [-0.05, 0) is 25.3 Å². The van der Waals surface area contributed by atoms with Crippen LogP contribution in [-0.2, 0) is 20.3 Å². The van der Waals surface area contributed by atoms with E-state index in [1.54, 1.807) is 17.0 Å². The number of nitrogens with zero attached hydrogens (tertiary/aromatic N) is 4. The highest BCUT2D eigenvalue weighted by atomic mass is 32.2. The Kier molecular flexibility index (Phi) is 5.74. The fourth-order valence-electron chi connectivity index (χ4n) is 6.19. The minimum atomic E-state index is -3.54. The minimum absolute atomic E-state index is 0.135. The predicted octanol–water partition coefficient (Wildman–Crippen LogP) is 2.89. The van der Waals surface area contributed by atoms with Crippen LogP contribution in [0.25, 0.3) is 11.3 Å². The number of hydrogen-bond acceptors (Lipinski definition) is 6. The molecule has 8 nitrogen and oxygen atoms in total. The van der Waals surface area contributed by atoms with Gasteiger partial charge in [0.15, 0.2) is 15.5 Å². The van der Waals surface area contributed by atoms with Crippen LogP contribution in [0.4, 0.5) is 0 Å². The molecule has 6 rings (SSSR count). The topological polar surface area (TPSA) is 84.7 Å². The molecule has 0 radical (unpaired) electrons. The van der Waals surface area contributed by atoms with Gasteiger partial charge in [0.2, 0.25) is 0 Å². The second-order valence-electron chi connectivity index (χ2n) is 10.0. The third-order valence-corrected chi connectivity index (χ3v) is 9.65. The highest BCUT2D eigenvalue weighted by Gasteiger charge is 2.40. The van der Waals surface area contributed by atoms with E-state index in [-0.39, 0.29) is 17.7 Å². The second-order valence-corrected chi connectivity index (χ2v) is 12.0. The molecule has 1 unspecified atom stereocenters. The molecule has 34 heavy (non-hydrogen) atoms. The van der Waals surface area contributed by atoms with Crippen LogP contribution in [0.2, 0.25) is 0 Å². The molecule has 1 aliphatic carbocycles. The molecule has 1 aromatic carbocycles. The van der Waals surface area contributed by atoms with E-state index in [1.807, 2.05) is 16.8 Å². The number of amides is 1. The van der Waals surface area contributed by atoms with E-state index in [9.17, 15) is 13.2 Å². The summed E-state index contributed by atoms with van der Waals surface area (Å²) in [5.74, 6) is -0.362. The first-order valence-corrected chi connectivity index (χ1v) is 14.2. The molecule has 3 fully saturated rings. The van der Waals surface area contributed by atoms with Crippen LogP contribution in [0.5, 0.6) is 0 Å². The lowest BCUT2D eigenvalue weighted by Gasteiger charge is -2.31. The SMILES string of the molecule is O=C(c1nn(C2CCN(C3CCCCC3)C2)c2c1CS(=O)(=O)c1ccccc1-2)N1CCOCC1. The van der Waals surface area contributed by atoms with Gasteiger partial charge in [-0.1, -0.05) is 37.5 Å². The summed E-state index contributed by atoms with van der Waals surface area (Å²) in [6, 6.07) is 7.94. The van der Waals surface area contributed by atoms with Crippen molar-refractivity contribution < 1.29 is 17.9 Å². The zero-order valence-electron chi connectivity index (χ0n) is 19.5. The largest absolute Gasteiger partial charge is 0.378 e. The number of aromatic nitrogens is 2. The van der Waals surface area contributed by atoms with E-state index < -0.39 is 9.84 Å². The molecule has 2 saturated heterocycles. The molecule has 0 bridgehead atoms. The van der Waals surface area contributed by atoms with Crippen LogP contribution >= 0.6 is 0 Å². The van der Waals surface area contributed by atoms with E-state index >= 15 is 0 Å². The van der Waals surface area contributed by atoms with Crippen LogP contribution in [0.15, 0.2) is 29.2 Å². The van der Waals surface area contributed by atoms with Crippen molar-refractivity contribution in [3.05, 3.63) is 35.5 Å². The number of carbonyl (C=O) groups is 1. The summed E-state index contributed by atoms with van der Waals surface area (Å²) in [5.41, 5.74) is 2.35. The van der Waals surface area contributed by atoms with Crippen LogP contribution < -0.4 is 0 Å². The van der Waals surface area contributed by atoms with Crippen molar-refractivity contribution in [1.29, 1.82) is 0 Å². The van der Waals surface area contributed by atoms with Gasteiger partial charge in [0.25, 0.3) is 5.91 Å². The average Bonchev–Trinajstić information content (AvgIpc) is 3.50. The summed E-state index contributed by atoms with van der Waals surface area (Å²) in [7, 11) is -3.54. The van der Waals surface area contributed by atoms with Crippen molar-refractivity contribution in [2.45, 2.75) is 61.3 Å². The Morgan fingerprint density at radius 2 is 1.74 bits per heavy atom. The third kappa shape index (κ3) is 3.78. The molecule has 1 atom stereocenters. The van der Waals surface area contributed by atoms with Crippen molar-refractivity contribution in [3.63, 3.8) is 0 Å². The van der Waals surface area contributed by atoms with Gasteiger partial charge in [-0.25, -0.2) is 8.42 Å². The fraction of sp³-hybridized carbons (Fsp3) is 0.600. The van der Waals surface area contributed by atoms with Crippen molar-refractivity contribution >= 4 is 15.7 Å². The summed E-state index contributed by atoms with van der Waals surface area (Å²) < 4.78 is 33.8. The quantitative estimate of drug-likeness (QED) is 0.666. The number of rotatable bonds is 3. The van der Waals surface area contributed by atoms with E-state index in [2.05, 4.69) is 4.90 Å². The second kappa shape index (κ2) is 8.77. The highest BCUT2D eigenvalue weighted by molar-refractivity contribution is 7.90. The first-order chi connectivity index (χ1) is 16.5. The molecular weight excluding hydrogens is 452 g/mol. The van der Waals surface area contributed by atoms with Gasteiger partial charge in [0.05, 0.1) is 35.6 Å². The average molecular weight is 485 g/mol. The van der Waals surface area contributed by atoms with Crippen LogP contribution in [0.1, 0.15) is 60.6 Å². The zero-order chi connectivity index (χ0) is 23.3. The van der Waals surface area contributed by atoms with Crippen LogP contribution in [-0.4, -0.2) is 79.3 Å². The molecule has 3 aliphatic heterocycles. The summed E-state index contributed by atoms with van der Waals surface area (Å²) in [4.78, 5) is 18.2. The van der Waals surface area contributed by atoms with E-state index in [0.29, 0.717) is 54.1 Å². The summed E-state index contributed by atoms with van der Waals surface area (Å²) >= 11 is 0. The van der Waals surface area contributed by atoms with Crippen molar-refractivity contribution in [3.8, 4) is 11.3 Å². The monoisotopic (exact) mass is 484 g/mol. The Morgan fingerprint density at radius 3 is 2.53 bits per heavy atom. The molecule has 4 aliphatic rings. The van der Waals surface area contributed by atoms with Gasteiger partial charge in [-0.2, -0.15) is 5.10 Å². The van der Waals surface area contributed by atoms with Crippen LogP contribution in [0.3, 0.4) is 0 Å². The highest BCUT2D eigenvalue weighted by Crippen LogP contribution is 2.42. The summed E-state index contributed by atoms with van der Waals surface area (Å²) in [6.45, 7) is 3.92. The number of fused-ring (bicyclic) bond motifs is 3. The smallest absolute Gasteiger partial charge is 0.274 e. The van der Waals surface area contributed by atoms with Gasteiger partial charge < -0.3 is 9.64 Å². The molecule has 0 spiro atoms. The maximum absolute atomic E-state index is 13.5. The lowest BCUT2D eigenvalue weighted by Crippen LogP contribution is -2.41. The number of likely N-dealkylation sites (tertiary alicyclic amines) is 1. The maximum Gasteiger partial charge on any atom is 0.274 e. The molecule has 9 heteroatoms. The van der Waals surface area contributed by atoms with E-state index in [0.717, 1.165) is 25.2 Å². The van der Waals surface area contributed by atoms with Gasteiger partial charge in [-0.3, -0.25) is 14.4 Å². The summed E-state index contributed by atoms with van der Waals surface area (Å²) in [5, 5.41) is 4.89. The first kappa shape index (κ1) is 22.2. The Labute approximate surface area is 200 Å². The van der Waals surface area contributed by atoms with E-state index in [1.165, 1.54) is 32.1 Å². The van der Waals surface area contributed by atoms with E-state index in [4.69, 9.17) is 9.84 Å². The normalized spacial score (nSPS) is 25.2. The molecular formula is C25H32N4O4S. The Balaban J connectivity index is 1.42. The molecule has 0 N–H and O–H groups in total. The molecule has 1 saturated carbocycles. The van der Waals surface area contributed by atoms with Crippen molar-refractivity contribution in [2.24, 2.45) is 0 Å². The number of benzene rings is 1. The maximum atomic E-state index is 13.5. The van der Waals surface area contributed by atoms with Crippen molar-refractivity contribution in [2.75, 3.05) is 39.4 Å². The predicted molar refractivity (Wildman–Crippen MR) is 127 cm³/mol. The number of morpholine rings is 1. The van der Waals surface area contributed by atoms with Crippen molar-refractivity contribution in [1.82, 2.24) is 19.6 Å². The standard InChI is InChI=1S/C25H32N4O4S/c30-25(27-12-14-33-15-13-27)23-21-17-34(31,32)22-9-5-4-8-20(22)24(21)29(26-23)19-10-11-28(16-19)18-6-2-1-3-7-18/h4-5,8-9,18-19H,1-3,6-7,10-17H2. The lowest BCUT2D eigenvalue weighted by atomic mass is 9.94. The molecule has 1 aromatic heterocycles. The first-order valence-electron chi connectivity index (χ1n) is 12.6. The molecule has 2 aromatic rings. The van der Waals surface area contributed by atoms with Gasteiger partial charge in [-0.15, -0.1) is 0 Å². The molecule has 4 heterocycles.